The van der Waals surface area contributed by atoms with E-state index in [0.29, 0.717) is 24.9 Å². The number of rotatable bonds is 7. The molecule has 0 saturated heterocycles. The highest BCUT2D eigenvalue weighted by molar-refractivity contribution is 6.04. The minimum Gasteiger partial charge on any atom is -0.490 e. The van der Waals surface area contributed by atoms with E-state index in [2.05, 4.69) is 5.32 Å². The van der Waals surface area contributed by atoms with Gasteiger partial charge in [0, 0.05) is 23.4 Å². The SMILES string of the molecule is CCOCc1ccccc1NC(=O)c1ccc(OC2CCCC2)cc1. The number of ether oxygens (including phenoxy) is 2. The molecule has 4 heteroatoms. The second kappa shape index (κ2) is 8.67. The third-order valence-corrected chi connectivity index (χ3v) is 4.45. The highest BCUT2D eigenvalue weighted by Crippen LogP contribution is 2.24. The summed E-state index contributed by atoms with van der Waals surface area (Å²) < 4.78 is 11.4. The van der Waals surface area contributed by atoms with Gasteiger partial charge >= 0.3 is 0 Å². The first-order chi connectivity index (χ1) is 12.3. The van der Waals surface area contributed by atoms with E-state index in [1.807, 2.05) is 55.5 Å². The molecule has 0 radical (unpaired) electrons. The molecule has 1 saturated carbocycles. The molecular weight excluding hydrogens is 314 g/mol. The lowest BCUT2D eigenvalue weighted by Crippen LogP contribution is -2.14. The van der Waals surface area contributed by atoms with E-state index >= 15 is 0 Å². The predicted octanol–water partition coefficient (Wildman–Crippen LogP) is 4.80. The number of amides is 1. The van der Waals surface area contributed by atoms with E-state index in [4.69, 9.17) is 9.47 Å². The van der Waals surface area contributed by atoms with Gasteiger partial charge in [-0.2, -0.15) is 0 Å². The van der Waals surface area contributed by atoms with Gasteiger partial charge in [-0.25, -0.2) is 0 Å². The molecule has 132 valence electrons. The van der Waals surface area contributed by atoms with Crippen LogP contribution in [0.5, 0.6) is 5.75 Å². The molecule has 0 heterocycles. The second-order valence-electron chi connectivity index (χ2n) is 6.30. The van der Waals surface area contributed by atoms with Gasteiger partial charge in [0.15, 0.2) is 0 Å². The predicted molar refractivity (Wildman–Crippen MR) is 99.1 cm³/mol. The van der Waals surface area contributed by atoms with Crippen molar-refractivity contribution >= 4 is 11.6 Å². The maximum Gasteiger partial charge on any atom is 0.255 e. The van der Waals surface area contributed by atoms with Crippen LogP contribution in [0.1, 0.15) is 48.5 Å². The van der Waals surface area contributed by atoms with Gasteiger partial charge in [-0.1, -0.05) is 18.2 Å². The van der Waals surface area contributed by atoms with Gasteiger partial charge in [0.05, 0.1) is 12.7 Å². The summed E-state index contributed by atoms with van der Waals surface area (Å²) in [6.45, 7) is 3.09. The molecule has 4 nitrogen and oxygen atoms in total. The summed E-state index contributed by atoms with van der Waals surface area (Å²) in [5.41, 5.74) is 2.37. The minimum atomic E-state index is -0.128. The van der Waals surface area contributed by atoms with Crippen LogP contribution in [0.4, 0.5) is 5.69 Å². The van der Waals surface area contributed by atoms with Crippen molar-refractivity contribution in [3.63, 3.8) is 0 Å². The molecule has 1 fully saturated rings. The van der Waals surface area contributed by atoms with Crippen LogP contribution in [-0.2, 0) is 11.3 Å². The third kappa shape index (κ3) is 4.83. The molecule has 3 rings (SSSR count). The molecule has 1 aliphatic carbocycles. The van der Waals surface area contributed by atoms with Crippen molar-refractivity contribution in [2.45, 2.75) is 45.3 Å². The zero-order valence-electron chi connectivity index (χ0n) is 14.7. The van der Waals surface area contributed by atoms with Gasteiger partial charge in [-0.3, -0.25) is 4.79 Å². The topological polar surface area (TPSA) is 47.6 Å². The Labute approximate surface area is 149 Å². The van der Waals surface area contributed by atoms with Crippen molar-refractivity contribution in [2.24, 2.45) is 0 Å². The summed E-state index contributed by atoms with van der Waals surface area (Å²) in [6, 6.07) is 15.1. The molecule has 1 aliphatic rings. The highest BCUT2D eigenvalue weighted by Gasteiger charge is 2.16. The smallest absolute Gasteiger partial charge is 0.255 e. The summed E-state index contributed by atoms with van der Waals surface area (Å²) in [6.07, 6.45) is 5.06. The van der Waals surface area contributed by atoms with Crippen LogP contribution < -0.4 is 10.1 Å². The molecule has 2 aromatic carbocycles. The molecule has 0 aromatic heterocycles. The van der Waals surface area contributed by atoms with Gasteiger partial charge in [0.25, 0.3) is 5.91 Å². The van der Waals surface area contributed by atoms with E-state index in [0.717, 1.165) is 29.8 Å². The number of nitrogens with one attached hydrogen (secondary N) is 1. The first-order valence-corrected chi connectivity index (χ1v) is 9.00. The van der Waals surface area contributed by atoms with Crippen LogP contribution in [-0.4, -0.2) is 18.6 Å². The Balaban J connectivity index is 1.63. The van der Waals surface area contributed by atoms with Crippen molar-refractivity contribution in [3.8, 4) is 5.75 Å². The number of anilines is 1. The van der Waals surface area contributed by atoms with Crippen LogP contribution in [0.25, 0.3) is 0 Å². The highest BCUT2D eigenvalue weighted by atomic mass is 16.5. The van der Waals surface area contributed by atoms with Crippen molar-refractivity contribution in [2.75, 3.05) is 11.9 Å². The zero-order valence-corrected chi connectivity index (χ0v) is 14.7. The maximum absolute atomic E-state index is 12.5. The van der Waals surface area contributed by atoms with Crippen LogP contribution in [0, 0.1) is 0 Å². The number of carbonyl (C=O) groups excluding carboxylic acids is 1. The number of carbonyl (C=O) groups is 1. The molecule has 0 aliphatic heterocycles. The van der Waals surface area contributed by atoms with Gasteiger partial charge < -0.3 is 14.8 Å². The Hall–Kier alpha value is -2.33. The average molecular weight is 339 g/mol. The van der Waals surface area contributed by atoms with Crippen LogP contribution >= 0.6 is 0 Å². The van der Waals surface area contributed by atoms with E-state index in [1.54, 1.807) is 0 Å². The summed E-state index contributed by atoms with van der Waals surface area (Å²) in [7, 11) is 0. The lowest BCUT2D eigenvalue weighted by molar-refractivity contribution is 0.102. The molecule has 0 atom stereocenters. The van der Waals surface area contributed by atoms with E-state index in [1.165, 1.54) is 12.8 Å². The summed E-state index contributed by atoms with van der Waals surface area (Å²) in [5.74, 6) is 0.705. The third-order valence-electron chi connectivity index (χ3n) is 4.45. The first kappa shape index (κ1) is 17.5. The normalized spacial score (nSPS) is 14.4. The van der Waals surface area contributed by atoms with Crippen molar-refractivity contribution in [3.05, 3.63) is 59.7 Å². The summed E-state index contributed by atoms with van der Waals surface area (Å²) >= 11 is 0. The Morgan fingerprint density at radius 1 is 1.08 bits per heavy atom. The lowest BCUT2D eigenvalue weighted by atomic mass is 10.1. The second-order valence-corrected chi connectivity index (χ2v) is 6.30. The van der Waals surface area contributed by atoms with Crippen LogP contribution in [0.15, 0.2) is 48.5 Å². The molecule has 2 aromatic rings. The molecular formula is C21H25NO3. The van der Waals surface area contributed by atoms with Crippen molar-refractivity contribution < 1.29 is 14.3 Å². The fourth-order valence-corrected chi connectivity index (χ4v) is 3.06. The zero-order chi connectivity index (χ0) is 17.5. The van der Waals surface area contributed by atoms with E-state index < -0.39 is 0 Å². The van der Waals surface area contributed by atoms with Crippen molar-refractivity contribution in [1.82, 2.24) is 0 Å². The lowest BCUT2D eigenvalue weighted by Gasteiger charge is -2.14. The summed E-state index contributed by atoms with van der Waals surface area (Å²) in [4.78, 5) is 12.5. The Kier molecular flexibility index (Phi) is 6.07. The van der Waals surface area contributed by atoms with Gasteiger partial charge in [-0.05, 0) is 62.9 Å². The number of benzene rings is 2. The number of para-hydroxylation sites is 1. The number of hydrogen-bond acceptors (Lipinski definition) is 3. The average Bonchev–Trinajstić information content (AvgIpc) is 3.14. The largest absolute Gasteiger partial charge is 0.490 e. The van der Waals surface area contributed by atoms with Gasteiger partial charge in [0.2, 0.25) is 0 Å². The Morgan fingerprint density at radius 2 is 1.80 bits per heavy atom. The van der Waals surface area contributed by atoms with E-state index in [-0.39, 0.29) is 5.91 Å². The molecule has 0 spiro atoms. The fraction of sp³-hybridized carbons (Fsp3) is 0.381. The standard InChI is InChI=1S/C21H25NO3/c1-2-24-15-17-7-3-6-10-20(17)22-21(23)16-11-13-19(14-12-16)25-18-8-4-5-9-18/h3,6-7,10-14,18H,2,4-5,8-9,15H2,1H3,(H,22,23). The van der Waals surface area contributed by atoms with Crippen LogP contribution in [0.2, 0.25) is 0 Å². The first-order valence-electron chi connectivity index (χ1n) is 9.00. The van der Waals surface area contributed by atoms with Gasteiger partial charge in [0.1, 0.15) is 5.75 Å². The van der Waals surface area contributed by atoms with E-state index in [9.17, 15) is 4.79 Å². The van der Waals surface area contributed by atoms with Crippen molar-refractivity contribution in [1.29, 1.82) is 0 Å². The molecule has 0 unspecified atom stereocenters. The Bertz CT molecular complexity index is 691. The molecule has 1 N–H and O–H groups in total. The molecule has 25 heavy (non-hydrogen) atoms. The molecule has 0 bridgehead atoms. The monoisotopic (exact) mass is 339 g/mol. The van der Waals surface area contributed by atoms with Crippen LogP contribution in [0.3, 0.4) is 0 Å². The Morgan fingerprint density at radius 3 is 2.52 bits per heavy atom. The fourth-order valence-electron chi connectivity index (χ4n) is 3.06. The van der Waals surface area contributed by atoms with Gasteiger partial charge in [-0.15, -0.1) is 0 Å². The number of hydrogen-bond donors (Lipinski definition) is 1. The minimum absolute atomic E-state index is 0.128. The maximum atomic E-state index is 12.5. The summed E-state index contributed by atoms with van der Waals surface area (Å²) in [5, 5.41) is 2.97. The quantitative estimate of drug-likeness (QED) is 0.788. The molecule has 1 amide bonds.